The number of hydrogen-bond acceptors (Lipinski definition) is 2. The Labute approximate surface area is 75.1 Å². The van der Waals surface area contributed by atoms with Crippen LogP contribution in [0.1, 0.15) is 10.4 Å². The molecule has 0 saturated carbocycles. The van der Waals surface area contributed by atoms with Crippen LogP contribution in [0.25, 0.3) is 0 Å². The first-order chi connectivity index (χ1) is 5.61. The van der Waals surface area contributed by atoms with Gasteiger partial charge in [0.2, 0.25) is 0 Å². The molecule has 12 heavy (non-hydrogen) atoms. The second-order valence-corrected chi connectivity index (χ2v) is 2.78. The van der Waals surface area contributed by atoms with Gasteiger partial charge in [-0.25, -0.2) is 5.06 Å². The molecule has 0 aromatic heterocycles. The molecular weight excluding hydrogens is 178 g/mol. The molecule has 0 unspecified atom stereocenters. The van der Waals surface area contributed by atoms with Crippen molar-refractivity contribution in [1.29, 1.82) is 0 Å². The molecule has 1 aromatic carbocycles. The van der Waals surface area contributed by atoms with Gasteiger partial charge in [0.1, 0.15) is 0 Å². The lowest BCUT2D eigenvalue weighted by Gasteiger charge is -2.07. The van der Waals surface area contributed by atoms with Crippen molar-refractivity contribution >= 4 is 17.5 Å². The highest BCUT2D eigenvalue weighted by atomic mass is 35.5. The van der Waals surface area contributed by atoms with E-state index in [9.17, 15) is 4.79 Å². The summed E-state index contributed by atoms with van der Waals surface area (Å²) in [7, 11) is 1.27. The van der Waals surface area contributed by atoms with Gasteiger partial charge in [0.15, 0.2) is 0 Å². The Morgan fingerprint density at radius 2 is 2.25 bits per heavy atom. The highest BCUT2D eigenvalue weighted by Gasteiger charge is 2.08. The molecule has 0 heterocycles. The van der Waals surface area contributed by atoms with Crippen LogP contribution in [0.3, 0.4) is 0 Å². The van der Waals surface area contributed by atoms with Crippen LogP contribution in [-0.2, 0) is 0 Å². The monoisotopic (exact) mass is 185 g/mol. The molecule has 0 radical (unpaired) electrons. The maximum atomic E-state index is 11.1. The van der Waals surface area contributed by atoms with Crippen molar-refractivity contribution < 1.29 is 10.0 Å². The lowest BCUT2D eigenvalue weighted by Crippen LogP contribution is -2.22. The van der Waals surface area contributed by atoms with E-state index in [4.69, 9.17) is 16.8 Å². The Balaban J connectivity index is 2.96. The van der Waals surface area contributed by atoms with Gasteiger partial charge in [-0.2, -0.15) is 0 Å². The van der Waals surface area contributed by atoms with Gasteiger partial charge in [-0.3, -0.25) is 10.0 Å². The Bertz CT molecular complexity index is 299. The van der Waals surface area contributed by atoms with E-state index < -0.39 is 5.91 Å². The first-order valence-electron chi connectivity index (χ1n) is 3.34. The first kappa shape index (κ1) is 9.03. The molecule has 0 aliphatic carbocycles. The molecule has 0 aliphatic heterocycles. The van der Waals surface area contributed by atoms with Crippen molar-refractivity contribution in [1.82, 2.24) is 5.06 Å². The van der Waals surface area contributed by atoms with Gasteiger partial charge in [-0.05, 0) is 18.2 Å². The highest BCUT2D eigenvalue weighted by Crippen LogP contribution is 2.11. The lowest BCUT2D eigenvalue weighted by molar-refractivity contribution is -0.0374. The molecule has 0 fully saturated rings. The Hall–Kier alpha value is -1.06. The third-order valence-corrected chi connectivity index (χ3v) is 1.60. The average Bonchev–Trinajstić information content (AvgIpc) is 2.03. The Morgan fingerprint density at radius 3 is 2.75 bits per heavy atom. The van der Waals surface area contributed by atoms with Gasteiger partial charge in [0.25, 0.3) is 5.91 Å². The molecule has 4 heteroatoms. The summed E-state index contributed by atoms with van der Waals surface area (Å²) >= 11 is 5.64. The second-order valence-electron chi connectivity index (χ2n) is 2.34. The van der Waals surface area contributed by atoms with Crippen LogP contribution < -0.4 is 0 Å². The zero-order valence-corrected chi connectivity index (χ0v) is 7.25. The zero-order chi connectivity index (χ0) is 9.14. The van der Waals surface area contributed by atoms with Crippen LogP contribution in [0.4, 0.5) is 0 Å². The summed E-state index contributed by atoms with van der Waals surface area (Å²) in [6, 6.07) is 6.40. The van der Waals surface area contributed by atoms with E-state index in [1.807, 2.05) is 0 Å². The normalized spacial score (nSPS) is 9.58. The Kier molecular flexibility index (Phi) is 2.68. The molecule has 0 saturated heterocycles. The predicted molar refractivity (Wildman–Crippen MR) is 45.3 cm³/mol. The summed E-state index contributed by atoms with van der Waals surface area (Å²) in [6.45, 7) is 0. The van der Waals surface area contributed by atoms with Crippen molar-refractivity contribution in [2.75, 3.05) is 7.05 Å². The predicted octanol–water partition coefficient (Wildman–Crippen LogP) is 1.80. The molecule has 0 aliphatic rings. The molecular formula is C8H8ClNO2. The van der Waals surface area contributed by atoms with Crippen LogP contribution in [0.5, 0.6) is 0 Å². The van der Waals surface area contributed by atoms with E-state index in [-0.39, 0.29) is 0 Å². The molecule has 64 valence electrons. The largest absolute Gasteiger partial charge is 0.286 e. The van der Waals surface area contributed by atoms with Gasteiger partial charge < -0.3 is 0 Å². The maximum Gasteiger partial charge on any atom is 0.277 e. The second kappa shape index (κ2) is 3.56. The molecule has 1 aromatic rings. The molecule has 1 amide bonds. The van der Waals surface area contributed by atoms with E-state index in [1.54, 1.807) is 18.2 Å². The number of amides is 1. The summed E-state index contributed by atoms with van der Waals surface area (Å²) in [6.07, 6.45) is 0. The van der Waals surface area contributed by atoms with E-state index >= 15 is 0 Å². The Morgan fingerprint density at radius 1 is 1.58 bits per heavy atom. The summed E-state index contributed by atoms with van der Waals surface area (Å²) in [4.78, 5) is 11.1. The van der Waals surface area contributed by atoms with Crippen LogP contribution >= 0.6 is 11.6 Å². The standard InChI is InChI=1S/C8H8ClNO2/c1-10(12)8(11)6-3-2-4-7(9)5-6/h2-5,12H,1H3. The minimum atomic E-state index is -0.475. The lowest BCUT2D eigenvalue weighted by atomic mass is 10.2. The number of carbonyl (C=O) groups excluding carboxylic acids is 1. The minimum absolute atomic E-state index is 0.368. The summed E-state index contributed by atoms with van der Waals surface area (Å²) < 4.78 is 0. The molecule has 0 atom stereocenters. The van der Waals surface area contributed by atoms with Gasteiger partial charge in [0.05, 0.1) is 0 Å². The smallest absolute Gasteiger partial charge is 0.277 e. The molecule has 1 rings (SSSR count). The third-order valence-electron chi connectivity index (χ3n) is 1.37. The number of hydroxylamine groups is 2. The number of carbonyl (C=O) groups is 1. The molecule has 0 bridgehead atoms. The fourth-order valence-electron chi connectivity index (χ4n) is 0.808. The summed E-state index contributed by atoms with van der Waals surface area (Å²) in [5, 5.41) is 9.80. The summed E-state index contributed by atoms with van der Waals surface area (Å²) in [5.41, 5.74) is 0.368. The van der Waals surface area contributed by atoms with Gasteiger partial charge >= 0.3 is 0 Å². The minimum Gasteiger partial charge on any atom is -0.286 e. The van der Waals surface area contributed by atoms with Crippen molar-refractivity contribution in [3.8, 4) is 0 Å². The van der Waals surface area contributed by atoms with Crippen LogP contribution in [0.2, 0.25) is 5.02 Å². The first-order valence-corrected chi connectivity index (χ1v) is 3.71. The number of rotatable bonds is 1. The third kappa shape index (κ3) is 1.96. The molecule has 1 N–H and O–H groups in total. The topological polar surface area (TPSA) is 40.5 Å². The molecule has 3 nitrogen and oxygen atoms in total. The van der Waals surface area contributed by atoms with E-state index in [2.05, 4.69) is 0 Å². The number of benzene rings is 1. The van der Waals surface area contributed by atoms with Gasteiger partial charge in [-0.1, -0.05) is 17.7 Å². The van der Waals surface area contributed by atoms with Crippen LogP contribution in [0.15, 0.2) is 24.3 Å². The van der Waals surface area contributed by atoms with Crippen LogP contribution in [0, 0.1) is 0 Å². The summed E-state index contributed by atoms with van der Waals surface area (Å²) in [5.74, 6) is -0.475. The SMILES string of the molecule is CN(O)C(=O)c1cccc(Cl)c1. The van der Waals surface area contributed by atoms with Gasteiger partial charge in [0, 0.05) is 17.6 Å². The van der Waals surface area contributed by atoms with E-state index in [0.29, 0.717) is 15.6 Å². The number of nitrogens with zero attached hydrogens (tertiary/aromatic N) is 1. The van der Waals surface area contributed by atoms with Crippen molar-refractivity contribution in [2.24, 2.45) is 0 Å². The quantitative estimate of drug-likeness (QED) is 0.536. The van der Waals surface area contributed by atoms with Crippen molar-refractivity contribution in [2.45, 2.75) is 0 Å². The van der Waals surface area contributed by atoms with E-state index in [1.165, 1.54) is 13.1 Å². The zero-order valence-electron chi connectivity index (χ0n) is 6.49. The fraction of sp³-hybridized carbons (Fsp3) is 0.125. The van der Waals surface area contributed by atoms with Crippen LogP contribution in [-0.4, -0.2) is 23.2 Å². The fourth-order valence-corrected chi connectivity index (χ4v) is 0.999. The van der Waals surface area contributed by atoms with Crippen molar-refractivity contribution in [3.05, 3.63) is 34.9 Å². The van der Waals surface area contributed by atoms with E-state index in [0.717, 1.165) is 0 Å². The number of hydrogen-bond donors (Lipinski definition) is 1. The van der Waals surface area contributed by atoms with Gasteiger partial charge in [-0.15, -0.1) is 0 Å². The average molecular weight is 186 g/mol. The molecule has 0 spiro atoms. The maximum absolute atomic E-state index is 11.1. The number of halogens is 1. The van der Waals surface area contributed by atoms with Crippen molar-refractivity contribution in [3.63, 3.8) is 0 Å². The highest BCUT2D eigenvalue weighted by molar-refractivity contribution is 6.30.